The number of benzene rings is 2. The van der Waals surface area contributed by atoms with E-state index in [0.29, 0.717) is 21.6 Å². The zero-order chi connectivity index (χ0) is 60.6. The van der Waals surface area contributed by atoms with Gasteiger partial charge in [0.25, 0.3) is 11.1 Å². The molecule has 12 atom stereocenters. The number of para-hydroxylation sites is 2. The van der Waals surface area contributed by atoms with Crippen molar-refractivity contribution in [2.75, 3.05) is 25.4 Å². The number of hydrogen-bond acceptors (Lipinski definition) is 21. The van der Waals surface area contributed by atoms with E-state index < -0.39 is 153 Å². The molecule has 0 spiro atoms. The number of halogens is 1. The number of nitrogens with zero attached hydrogens (tertiary/aromatic N) is 3. The number of aromatic nitrogens is 5. The molecule has 6 rings (SSSR count). The van der Waals surface area contributed by atoms with Crippen LogP contribution in [0, 0.1) is 41.3 Å². The average molecular weight is 1120 g/mol. The number of esters is 2. The number of aromatic amines is 2. The Bertz CT molecular complexity index is 3370. The third-order valence-corrected chi connectivity index (χ3v) is 14.4. The normalized spacial score (nSPS) is 26.2. The fraction of sp³-hybridized carbons (Fsp3) is 0.490. The first-order chi connectivity index (χ1) is 37.6. The van der Waals surface area contributed by atoms with Gasteiger partial charge in [-0.2, -0.15) is 14.2 Å². The first-order valence-corrected chi connectivity index (χ1v) is 26.8. The highest BCUT2D eigenvalue weighted by Crippen LogP contribution is 2.52. The molecule has 0 radical (unpaired) electrons. The summed E-state index contributed by atoms with van der Waals surface area (Å²) in [5.41, 5.74) is -9.98. The van der Waals surface area contributed by atoms with E-state index in [1.807, 2.05) is 4.98 Å². The number of aliphatic hydroxyl groups is 4. The van der Waals surface area contributed by atoms with Crippen LogP contribution in [0.4, 0.5) is 4.39 Å². The van der Waals surface area contributed by atoms with Crippen LogP contribution in [0.1, 0.15) is 73.3 Å². The highest BCUT2D eigenvalue weighted by atomic mass is 31.2. The van der Waals surface area contributed by atoms with Gasteiger partial charge in [0.2, 0.25) is 11.4 Å². The summed E-state index contributed by atoms with van der Waals surface area (Å²) in [4.78, 5) is 76.2. The third kappa shape index (κ3) is 15.6. The Kier molecular flexibility index (Phi) is 18.8. The van der Waals surface area contributed by atoms with E-state index in [1.54, 1.807) is 69.1 Å². The Morgan fingerprint density at radius 2 is 1.17 bits per heavy atom. The summed E-state index contributed by atoms with van der Waals surface area (Å²) in [5.74, 6) is 4.13. The molecule has 0 saturated carbocycles. The lowest BCUT2D eigenvalue weighted by Gasteiger charge is -2.26. The zero-order valence-electron chi connectivity index (χ0n) is 46.6. The van der Waals surface area contributed by atoms with E-state index in [1.165, 1.54) is 52.0 Å². The Morgan fingerprint density at radius 1 is 0.740 bits per heavy atom. The standard InChI is InChI=1S/C25H30FN2O10P.C24H30N3O10P/c1-5-11-25(33)20(29)19(37-23(25)28-12-18(26)21(30)27-24(28)32)13-35-39(34,38-17-9-7-6-8-10-17)14-16(4)22(31)36-15(2)3;1-5-11-24(32)20(29)18(36-22(24)27-23(31)26-19(28)12-25-27)13-34-38(33,37-17-9-7-6-8-10-17)14-16(4)21(30)35-15(2)3/h6-10,12,15-16,19-20,23,29,33H,13-14H2,1-4H3,(H,27,30,32);6-10,12,15-16,18,20,22,29,32H,13-14H2,1-4H3,(H,26,28,31)/t16-,19-,20+,23-,25?,39+;16-,18-,20+,22-,24?,38+/m11/s1/i2*13D2. The van der Waals surface area contributed by atoms with Crippen LogP contribution in [0.5, 0.6) is 11.5 Å². The summed E-state index contributed by atoms with van der Waals surface area (Å²) in [7, 11) is -9.21. The molecule has 4 aromatic rings. The van der Waals surface area contributed by atoms with Crippen LogP contribution in [-0.2, 0) is 46.7 Å². The van der Waals surface area contributed by atoms with Crippen LogP contribution in [0.15, 0.2) is 92.2 Å². The quantitative estimate of drug-likeness (QED) is 0.0420. The Morgan fingerprint density at radius 3 is 1.58 bits per heavy atom. The van der Waals surface area contributed by atoms with Crippen LogP contribution in [0.25, 0.3) is 0 Å². The van der Waals surface area contributed by atoms with Crippen molar-refractivity contribution in [1.82, 2.24) is 24.3 Å². The topological polar surface area (TPSA) is 346 Å². The van der Waals surface area contributed by atoms with E-state index in [-0.39, 0.29) is 11.5 Å². The molecule has 25 nitrogen and oxygen atoms in total. The fourth-order valence-corrected chi connectivity index (χ4v) is 10.6. The first-order valence-electron chi connectivity index (χ1n) is 25.3. The molecule has 4 heterocycles. The number of nitrogens with one attached hydrogen (secondary N) is 2. The van der Waals surface area contributed by atoms with Gasteiger partial charge < -0.3 is 48.4 Å². The average Bonchev–Trinajstić information content (AvgIpc) is 4.06. The van der Waals surface area contributed by atoms with Gasteiger partial charge in [-0.1, -0.05) is 62.1 Å². The van der Waals surface area contributed by atoms with Gasteiger partial charge in [0, 0.05) is 0 Å². The minimum Gasteiger partial charge on any atom is -0.463 e. The number of H-pyrrole nitrogens is 2. The van der Waals surface area contributed by atoms with E-state index in [4.69, 9.17) is 42.5 Å². The molecule has 0 aliphatic carbocycles. The number of aliphatic hydroxyl groups excluding tert-OH is 2. The SMILES string of the molecule is [2H]C([2H])(O[P@@](=O)(C[C@@H](C)C(=O)OC(C)C)Oc1ccccc1)[C@H]1O[C@@H](n2cc(F)c(=O)[nH]c2=O)C(O)(C#CC)[C@H]1O.[2H]C([2H])(O[P@@](=O)(C[C@@H](C)C(=O)OC(C)C)Oc1ccccc1)[C@H]1O[C@@H](n2ncc(=O)[nH]c2=O)C(O)(C#CC)[C@H]1O. The molecule has 0 bridgehead atoms. The largest absolute Gasteiger partial charge is 0.463 e. The molecule has 0 amide bonds. The van der Waals surface area contributed by atoms with Gasteiger partial charge in [-0.05, 0) is 65.8 Å². The molecule has 6 N–H and O–H groups in total. The molecular formula is C49H60FN5O20P2. The van der Waals surface area contributed by atoms with Crippen LogP contribution in [0.2, 0.25) is 0 Å². The number of rotatable bonds is 20. The molecular weight excluding hydrogens is 1060 g/mol. The van der Waals surface area contributed by atoms with Crippen LogP contribution in [-0.4, -0.2) is 130 Å². The lowest BCUT2D eigenvalue weighted by atomic mass is 9.94. The van der Waals surface area contributed by atoms with Crippen LogP contribution < -0.4 is 31.5 Å². The Balaban J connectivity index is 0.000000297. The highest BCUT2D eigenvalue weighted by Gasteiger charge is 2.58. The number of carbonyl (C=O) groups is 2. The fourth-order valence-electron chi connectivity index (χ4n) is 7.18. The van der Waals surface area contributed by atoms with E-state index in [2.05, 4.69) is 28.8 Å². The van der Waals surface area contributed by atoms with Gasteiger partial charge in [-0.25, -0.2) is 18.7 Å². The molecule has 2 aliphatic rings. The number of carbonyl (C=O) groups excluding carboxylic acids is 2. The molecule has 2 unspecified atom stereocenters. The monoisotopic (exact) mass is 1120 g/mol. The van der Waals surface area contributed by atoms with E-state index >= 15 is 0 Å². The first kappa shape index (κ1) is 55.2. The van der Waals surface area contributed by atoms with Gasteiger partial charge in [-0.3, -0.25) is 42.8 Å². The lowest BCUT2D eigenvalue weighted by Crippen LogP contribution is -2.49. The van der Waals surface area contributed by atoms with Crippen molar-refractivity contribution >= 4 is 27.1 Å². The maximum atomic E-state index is 14.0. The van der Waals surface area contributed by atoms with Crippen molar-refractivity contribution in [2.24, 2.45) is 11.8 Å². The van der Waals surface area contributed by atoms with Crippen LogP contribution >= 0.6 is 15.2 Å². The Hall–Kier alpha value is -6.54. The molecule has 418 valence electrons. The summed E-state index contributed by atoms with van der Waals surface area (Å²) < 4.78 is 120. The highest BCUT2D eigenvalue weighted by molar-refractivity contribution is 7.54. The van der Waals surface area contributed by atoms with Crippen molar-refractivity contribution in [2.45, 2.75) is 116 Å². The molecule has 77 heavy (non-hydrogen) atoms. The molecule has 2 fully saturated rings. The molecule has 2 saturated heterocycles. The molecule has 28 heteroatoms. The minimum atomic E-state index is -4.63. The Labute approximate surface area is 445 Å². The molecule has 2 aliphatic heterocycles. The van der Waals surface area contributed by atoms with Crippen molar-refractivity contribution in [3.8, 4) is 35.2 Å². The number of ether oxygens (including phenoxy) is 4. The van der Waals surface area contributed by atoms with Gasteiger partial charge in [0.15, 0.2) is 18.1 Å². The maximum absolute atomic E-state index is 14.0. The van der Waals surface area contributed by atoms with Crippen molar-refractivity contribution in [3.05, 3.63) is 121 Å². The summed E-state index contributed by atoms with van der Waals surface area (Å²) in [5, 5.41) is 48.0. The summed E-state index contributed by atoms with van der Waals surface area (Å²) in [6.07, 6.45) is -13.9. The van der Waals surface area contributed by atoms with Gasteiger partial charge >= 0.3 is 38.5 Å². The summed E-state index contributed by atoms with van der Waals surface area (Å²) in [6.45, 7) is 5.38. The van der Waals surface area contributed by atoms with E-state index in [9.17, 15) is 62.7 Å². The smallest absolute Gasteiger partial charge is 0.380 e. The lowest BCUT2D eigenvalue weighted by molar-refractivity contribution is -0.152. The third-order valence-electron chi connectivity index (χ3n) is 10.7. The predicted molar refractivity (Wildman–Crippen MR) is 269 cm³/mol. The minimum absolute atomic E-state index is 0.00504. The summed E-state index contributed by atoms with van der Waals surface area (Å²) in [6, 6.07) is 15.2. The predicted octanol–water partition coefficient (Wildman–Crippen LogP) is 2.39. The molecule has 2 aromatic heterocycles. The van der Waals surface area contributed by atoms with Crippen molar-refractivity contribution in [1.29, 1.82) is 0 Å². The molecule has 2 aromatic carbocycles. The second-order valence-corrected chi connectivity index (χ2v) is 21.6. The van der Waals surface area contributed by atoms with Gasteiger partial charge in [0.05, 0.1) is 61.2 Å². The summed E-state index contributed by atoms with van der Waals surface area (Å²) >= 11 is 0. The van der Waals surface area contributed by atoms with Gasteiger partial charge in [-0.15, -0.1) is 11.8 Å². The van der Waals surface area contributed by atoms with Crippen molar-refractivity contribution < 1.29 is 86.1 Å². The second-order valence-electron chi connectivity index (χ2n) is 17.7. The second kappa shape index (κ2) is 26.2. The van der Waals surface area contributed by atoms with Crippen molar-refractivity contribution in [3.63, 3.8) is 0 Å². The van der Waals surface area contributed by atoms with E-state index in [0.717, 1.165) is 0 Å². The van der Waals surface area contributed by atoms with Gasteiger partial charge in [0.1, 0.15) is 42.1 Å². The number of hydrogen-bond donors (Lipinski definition) is 6. The zero-order valence-corrected chi connectivity index (χ0v) is 44.3. The van der Waals surface area contributed by atoms with Crippen LogP contribution in [0.3, 0.4) is 0 Å². The maximum Gasteiger partial charge on any atom is 0.380 e.